The predicted molar refractivity (Wildman–Crippen MR) is 135 cm³/mol. The zero-order valence-electron chi connectivity index (χ0n) is 19.0. The van der Waals surface area contributed by atoms with Gasteiger partial charge >= 0.3 is 5.97 Å². The first-order valence-electron chi connectivity index (χ1n) is 11.3. The molecule has 0 unspecified atom stereocenters. The van der Waals surface area contributed by atoms with Gasteiger partial charge in [0.1, 0.15) is 0 Å². The van der Waals surface area contributed by atoms with E-state index in [4.69, 9.17) is 4.74 Å². The van der Waals surface area contributed by atoms with Crippen molar-refractivity contribution < 1.29 is 23.9 Å². The first kappa shape index (κ1) is 23.5. The van der Waals surface area contributed by atoms with Crippen LogP contribution in [0.5, 0.6) is 0 Å². The lowest BCUT2D eigenvalue weighted by Crippen LogP contribution is -2.30. The number of esters is 1. The van der Waals surface area contributed by atoms with Crippen molar-refractivity contribution in [2.24, 2.45) is 11.8 Å². The van der Waals surface area contributed by atoms with Crippen LogP contribution in [0.2, 0.25) is 0 Å². The summed E-state index contributed by atoms with van der Waals surface area (Å²) in [6.07, 6.45) is 3.54. The third kappa shape index (κ3) is 4.55. The van der Waals surface area contributed by atoms with E-state index in [1.165, 1.54) is 35.1 Å². The Hall–Kier alpha value is -3.24. The number of nitrogens with zero attached hydrogens (tertiary/aromatic N) is 2. The SMILES string of the molecule is COC(=O)c1ccccc1NC(=O)CSc1nc2ccc(N3C(=O)[C@H]4CCCC[C@@H]4C3=O)cc2s1. The van der Waals surface area contributed by atoms with Crippen molar-refractivity contribution in [3.8, 4) is 0 Å². The van der Waals surface area contributed by atoms with Gasteiger partial charge in [-0.2, -0.15) is 0 Å². The number of rotatable bonds is 6. The molecule has 2 atom stereocenters. The number of nitrogens with one attached hydrogen (secondary N) is 1. The largest absolute Gasteiger partial charge is 0.465 e. The maximum atomic E-state index is 12.9. The van der Waals surface area contributed by atoms with Gasteiger partial charge in [-0.05, 0) is 43.2 Å². The lowest BCUT2D eigenvalue weighted by molar-refractivity contribution is -0.122. The first-order valence-corrected chi connectivity index (χ1v) is 13.1. The number of imide groups is 1. The number of anilines is 2. The molecule has 2 heterocycles. The number of para-hydroxylation sites is 1. The molecule has 1 aromatic heterocycles. The molecule has 1 N–H and O–H groups in total. The minimum absolute atomic E-state index is 0.0953. The summed E-state index contributed by atoms with van der Waals surface area (Å²) in [5.74, 6) is -1.27. The Bertz CT molecular complexity index is 1310. The molecule has 2 aliphatic rings. The van der Waals surface area contributed by atoms with Crippen molar-refractivity contribution in [1.82, 2.24) is 4.98 Å². The molecular weight excluding hydrogens is 486 g/mol. The summed E-state index contributed by atoms with van der Waals surface area (Å²) in [6.45, 7) is 0. The second-order valence-electron chi connectivity index (χ2n) is 8.52. The zero-order valence-corrected chi connectivity index (χ0v) is 20.6. The first-order chi connectivity index (χ1) is 17.0. The van der Waals surface area contributed by atoms with Crippen LogP contribution in [0.15, 0.2) is 46.8 Å². The van der Waals surface area contributed by atoms with Crippen LogP contribution in [-0.4, -0.2) is 41.5 Å². The van der Waals surface area contributed by atoms with Crippen LogP contribution in [0.25, 0.3) is 10.2 Å². The van der Waals surface area contributed by atoms with Gasteiger partial charge in [0.05, 0.1) is 51.9 Å². The van der Waals surface area contributed by atoms with E-state index in [9.17, 15) is 19.2 Å². The summed E-state index contributed by atoms with van der Waals surface area (Å²) in [5, 5.41) is 2.74. The molecule has 0 radical (unpaired) electrons. The molecule has 1 aliphatic heterocycles. The van der Waals surface area contributed by atoms with E-state index in [2.05, 4.69) is 10.3 Å². The Balaban J connectivity index is 1.27. The van der Waals surface area contributed by atoms with Crippen LogP contribution in [0.3, 0.4) is 0 Å². The summed E-state index contributed by atoms with van der Waals surface area (Å²) in [4.78, 5) is 56.2. The van der Waals surface area contributed by atoms with E-state index in [0.717, 1.165) is 35.9 Å². The summed E-state index contributed by atoms with van der Waals surface area (Å²) in [6, 6.07) is 12.1. The molecule has 1 aliphatic carbocycles. The maximum Gasteiger partial charge on any atom is 0.339 e. The molecule has 0 spiro atoms. The number of carbonyl (C=O) groups excluding carboxylic acids is 4. The van der Waals surface area contributed by atoms with E-state index >= 15 is 0 Å². The minimum Gasteiger partial charge on any atom is -0.465 e. The van der Waals surface area contributed by atoms with Gasteiger partial charge in [-0.3, -0.25) is 19.3 Å². The molecular formula is C25H23N3O5S2. The Morgan fingerprint density at radius 1 is 1.11 bits per heavy atom. The van der Waals surface area contributed by atoms with Crippen LogP contribution in [0, 0.1) is 11.8 Å². The van der Waals surface area contributed by atoms with E-state index in [-0.39, 0.29) is 40.9 Å². The number of carbonyl (C=O) groups is 4. The average molecular weight is 510 g/mol. The normalized spacial score (nSPS) is 19.6. The highest BCUT2D eigenvalue weighted by Gasteiger charge is 2.48. The molecule has 180 valence electrons. The molecule has 5 rings (SSSR count). The average Bonchev–Trinajstić information content (AvgIpc) is 3.40. The third-order valence-corrected chi connectivity index (χ3v) is 8.55. The molecule has 3 aromatic rings. The number of thioether (sulfide) groups is 1. The highest BCUT2D eigenvalue weighted by atomic mass is 32.2. The van der Waals surface area contributed by atoms with Crippen LogP contribution < -0.4 is 10.2 Å². The fraction of sp³-hybridized carbons (Fsp3) is 0.320. The van der Waals surface area contributed by atoms with Crippen LogP contribution >= 0.6 is 23.1 Å². The third-order valence-electron chi connectivity index (χ3n) is 6.38. The molecule has 1 saturated carbocycles. The Morgan fingerprint density at radius 2 is 1.83 bits per heavy atom. The van der Waals surface area contributed by atoms with Gasteiger partial charge in [0, 0.05) is 0 Å². The molecule has 2 aromatic carbocycles. The molecule has 35 heavy (non-hydrogen) atoms. The Labute approximate surface area is 210 Å². The van der Waals surface area contributed by atoms with Crippen LogP contribution in [-0.2, 0) is 19.1 Å². The van der Waals surface area contributed by atoms with E-state index in [1.54, 1.807) is 36.4 Å². The smallest absolute Gasteiger partial charge is 0.339 e. The molecule has 2 fully saturated rings. The van der Waals surface area contributed by atoms with Crippen LogP contribution in [0.4, 0.5) is 11.4 Å². The highest BCUT2D eigenvalue weighted by molar-refractivity contribution is 8.01. The minimum atomic E-state index is -0.523. The second kappa shape index (κ2) is 9.79. The molecule has 8 nitrogen and oxygen atoms in total. The van der Waals surface area contributed by atoms with Crippen molar-refractivity contribution in [3.05, 3.63) is 48.0 Å². The predicted octanol–water partition coefficient (Wildman–Crippen LogP) is 4.49. The van der Waals surface area contributed by atoms with Gasteiger partial charge in [-0.25, -0.2) is 9.78 Å². The summed E-state index contributed by atoms with van der Waals surface area (Å²) >= 11 is 2.69. The van der Waals surface area contributed by atoms with Gasteiger partial charge in [-0.15, -0.1) is 11.3 Å². The lowest BCUT2D eigenvalue weighted by atomic mass is 9.81. The maximum absolute atomic E-state index is 12.9. The van der Waals surface area contributed by atoms with Gasteiger partial charge in [0.2, 0.25) is 17.7 Å². The summed E-state index contributed by atoms with van der Waals surface area (Å²) in [5.41, 5.74) is 2.00. The number of hydrogen-bond acceptors (Lipinski definition) is 8. The van der Waals surface area contributed by atoms with Gasteiger partial charge in [0.25, 0.3) is 0 Å². The number of aromatic nitrogens is 1. The van der Waals surface area contributed by atoms with Crippen molar-refractivity contribution in [3.63, 3.8) is 0 Å². The van der Waals surface area contributed by atoms with Crippen molar-refractivity contribution >= 4 is 68.4 Å². The zero-order chi connectivity index (χ0) is 24.5. The molecule has 1 saturated heterocycles. The van der Waals surface area contributed by atoms with Crippen molar-refractivity contribution in [2.75, 3.05) is 23.1 Å². The number of fused-ring (bicyclic) bond motifs is 2. The standard InChI is InChI=1S/C25H23N3O5S2/c1-33-24(32)17-8-4-5-9-18(17)26-21(29)13-34-25-27-19-11-10-14(12-20(19)35-25)28-22(30)15-6-2-3-7-16(15)23(28)31/h4-5,8-12,15-16H,2-3,6-7,13H2,1H3,(H,26,29)/t15-,16-/m0/s1. The Morgan fingerprint density at radius 3 is 2.54 bits per heavy atom. The second-order valence-corrected chi connectivity index (χ2v) is 10.8. The van der Waals surface area contributed by atoms with E-state index in [0.29, 0.717) is 15.7 Å². The molecule has 3 amide bonds. The highest BCUT2D eigenvalue weighted by Crippen LogP contribution is 2.41. The van der Waals surface area contributed by atoms with Gasteiger partial charge in [-0.1, -0.05) is 36.7 Å². The monoisotopic (exact) mass is 509 g/mol. The fourth-order valence-electron chi connectivity index (χ4n) is 4.70. The number of thiazole rings is 1. The number of methoxy groups -OCH3 is 1. The molecule has 0 bridgehead atoms. The number of hydrogen-bond donors (Lipinski definition) is 1. The van der Waals surface area contributed by atoms with E-state index < -0.39 is 5.97 Å². The molecule has 10 heteroatoms. The van der Waals surface area contributed by atoms with E-state index in [1.807, 2.05) is 6.07 Å². The summed E-state index contributed by atoms with van der Waals surface area (Å²) < 4.78 is 6.30. The lowest BCUT2D eigenvalue weighted by Gasteiger charge is -2.19. The van der Waals surface area contributed by atoms with Crippen molar-refractivity contribution in [1.29, 1.82) is 0 Å². The van der Waals surface area contributed by atoms with Crippen LogP contribution in [0.1, 0.15) is 36.0 Å². The number of amides is 3. The Kier molecular flexibility index (Phi) is 6.57. The van der Waals surface area contributed by atoms with Gasteiger partial charge in [0.15, 0.2) is 4.34 Å². The number of ether oxygens (including phenoxy) is 1. The number of benzene rings is 2. The topological polar surface area (TPSA) is 106 Å². The van der Waals surface area contributed by atoms with Crippen molar-refractivity contribution in [2.45, 2.75) is 30.0 Å². The summed E-state index contributed by atoms with van der Waals surface area (Å²) in [7, 11) is 1.29. The fourth-order valence-corrected chi connectivity index (χ4v) is 6.60. The quantitative estimate of drug-likeness (QED) is 0.296. The van der Waals surface area contributed by atoms with Gasteiger partial charge < -0.3 is 10.1 Å².